The van der Waals surface area contributed by atoms with Crippen LogP contribution in [-0.4, -0.2) is 11.7 Å². The third-order valence-corrected chi connectivity index (χ3v) is 2.62. The van der Waals surface area contributed by atoms with E-state index in [-0.39, 0.29) is 6.61 Å². The zero-order valence-corrected chi connectivity index (χ0v) is 9.59. The fraction of sp³-hybridized carbons (Fsp3) is 0.357. The summed E-state index contributed by atoms with van der Waals surface area (Å²) in [5.41, 5.74) is 3.61. The fourth-order valence-corrected chi connectivity index (χ4v) is 1.80. The van der Waals surface area contributed by atoms with Crippen LogP contribution in [0.3, 0.4) is 0 Å². The van der Waals surface area contributed by atoms with Crippen LogP contribution in [-0.2, 0) is 6.42 Å². The minimum Gasteiger partial charge on any atom is -0.395 e. The molecule has 0 aliphatic carbocycles. The summed E-state index contributed by atoms with van der Waals surface area (Å²) in [6.45, 7) is 8.09. The van der Waals surface area contributed by atoms with Gasteiger partial charge >= 0.3 is 0 Å². The Kier molecular flexibility index (Phi) is 4.57. The van der Waals surface area contributed by atoms with Gasteiger partial charge in [-0.25, -0.2) is 0 Å². The average molecular weight is 203 g/mol. The second-order valence-electron chi connectivity index (χ2n) is 3.77. The lowest BCUT2D eigenvalue weighted by atomic mass is 9.91. The van der Waals surface area contributed by atoms with Crippen LogP contribution in [0.4, 0.5) is 0 Å². The molecule has 1 nitrogen and oxygen atoms in total. The van der Waals surface area contributed by atoms with Crippen molar-refractivity contribution in [3.63, 3.8) is 0 Å². The molecule has 0 aromatic heterocycles. The summed E-state index contributed by atoms with van der Waals surface area (Å²) in [5, 5.41) is 9.16. The number of aliphatic hydroxyl groups is 1. The van der Waals surface area contributed by atoms with Gasteiger partial charge in [-0.05, 0) is 23.1 Å². The summed E-state index contributed by atoms with van der Waals surface area (Å²) >= 11 is 0. The standard InChI is InChI=1S/C14H19O/c1-4-7-12-8-6-9-14(11(3)10-15)13(12)5-2/h5-6,8-9,15H,2,4,7,10H2,1,3H3. The van der Waals surface area contributed by atoms with Crippen molar-refractivity contribution in [3.05, 3.63) is 47.4 Å². The Morgan fingerprint density at radius 1 is 1.47 bits per heavy atom. The van der Waals surface area contributed by atoms with Crippen molar-refractivity contribution in [1.29, 1.82) is 0 Å². The van der Waals surface area contributed by atoms with E-state index in [1.165, 1.54) is 11.1 Å². The molecule has 1 radical (unpaired) electrons. The summed E-state index contributed by atoms with van der Waals surface area (Å²) in [7, 11) is 0. The van der Waals surface area contributed by atoms with Crippen molar-refractivity contribution in [2.75, 3.05) is 6.61 Å². The molecular weight excluding hydrogens is 184 g/mol. The molecule has 0 aliphatic rings. The Hall–Kier alpha value is -1.08. The van der Waals surface area contributed by atoms with Gasteiger partial charge in [-0.1, -0.05) is 51.1 Å². The minimum absolute atomic E-state index is 0.108. The largest absolute Gasteiger partial charge is 0.395 e. The molecule has 0 fully saturated rings. The van der Waals surface area contributed by atoms with Gasteiger partial charge in [0.2, 0.25) is 0 Å². The fourth-order valence-electron chi connectivity index (χ4n) is 1.80. The lowest BCUT2D eigenvalue weighted by molar-refractivity contribution is 0.315. The average Bonchev–Trinajstić information content (AvgIpc) is 2.28. The maximum atomic E-state index is 9.16. The van der Waals surface area contributed by atoms with E-state index in [4.69, 9.17) is 5.11 Å². The van der Waals surface area contributed by atoms with Gasteiger partial charge < -0.3 is 5.11 Å². The van der Waals surface area contributed by atoms with E-state index in [0.29, 0.717) is 0 Å². The summed E-state index contributed by atoms with van der Waals surface area (Å²) in [6, 6.07) is 6.23. The van der Waals surface area contributed by atoms with Gasteiger partial charge in [0.25, 0.3) is 0 Å². The predicted molar refractivity (Wildman–Crippen MR) is 65.6 cm³/mol. The van der Waals surface area contributed by atoms with Crippen molar-refractivity contribution >= 4 is 6.08 Å². The Morgan fingerprint density at radius 2 is 2.20 bits per heavy atom. The van der Waals surface area contributed by atoms with Crippen LogP contribution in [0.5, 0.6) is 0 Å². The van der Waals surface area contributed by atoms with Crippen molar-refractivity contribution in [2.24, 2.45) is 0 Å². The number of aryl methyl sites for hydroxylation is 1. The molecule has 0 saturated heterocycles. The highest BCUT2D eigenvalue weighted by Crippen LogP contribution is 2.24. The molecule has 1 rings (SSSR count). The van der Waals surface area contributed by atoms with E-state index in [0.717, 1.165) is 24.3 Å². The highest BCUT2D eigenvalue weighted by Gasteiger charge is 2.10. The number of benzene rings is 1. The zero-order chi connectivity index (χ0) is 11.3. The van der Waals surface area contributed by atoms with Crippen molar-refractivity contribution in [2.45, 2.75) is 26.7 Å². The number of aliphatic hydroxyl groups excluding tert-OH is 1. The Balaban J connectivity index is 3.15. The van der Waals surface area contributed by atoms with Crippen molar-refractivity contribution in [3.8, 4) is 0 Å². The van der Waals surface area contributed by atoms with Gasteiger partial charge in [-0.2, -0.15) is 0 Å². The predicted octanol–water partition coefficient (Wildman–Crippen LogP) is 3.22. The van der Waals surface area contributed by atoms with Crippen LogP contribution in [0.2, 0.25) is 0 Å². The summed E-state index contributed by atoms with van der Waals surface area (Å²) in [5.74, 6) is 1.00. The second-order valence-corrected chi connectivity index (χ2v) is 3.77. The number of hydrogen-bond acceptors (Lipinski definition) is 1. The molecule has 1 heteroatoms. The van der Waals surface area contributed by atoms with E-state index < -0.39 is 0 Å². The van der Waals surface area contributed by atoms with E-state index in [2.05, 4.69) is 19.6 Å². The molecule has 0 amide bonds. The molecule has 0 spiro atoms. The van der Waals surface area contributed by atoms with E-state index in [1.54, 1.807) is 0 Å². The molecule has 0 aliphatic heterocycles. The molecule has 0 unspecified atom stereocenters. The van der Waals surface area contributed by atoms with Gasteiger partial charge in [-0.3, -0.25) is 0 Å². The van der Waals surface area contributed by atoms with Gasteiger partial charge in [-0.15, -0.1) is 0 Å². The van der Waals surface area contributed by atoms with Crippen molar-refractivity contribution in [1.82, 2.24) is 0 Å². The van der Waals surface area contributed by atoms with E-state index in [9.17, 15) is 0 Å². The molecule has 0 bridgehead atoms. The van der Waals surface area contributed by atoms with Crippen LogP contribution < -0.4 is 0 Å². The lowest BCUT2D eigenvalue weighted by Crippen LogP contribution is -2.04. The topological polar surface area (TPSA) is 20.2 Å². The molecular formula is C14H19O. The first-order chi connectivity index (χ1) is 7.24. The number of hydrogen-bond donors (Lipinski definition) is 1. The monoisotopic (exact) mass is 203 g/mol. The highest BCUT2D eigenvalue weighted by molar-refractivity contribution is 5.60. The highest BCUT2D eigenvalue weighted by atomic mass is 16.3. The minimum atomic E-state index is 0.108. The molecule has 1 aromatic carbocycles. The van der Waals surface area contributed by atoms with Gasteiger partial charge in [0.1, 0.15) is 0 Å². The van der Waals surface area contributed by atoms with Crippen LogP contribution in [0.15, 0.2) is 24.8 Å². The molecule has 1 aromatic rings. The Bertz CT molecular complexity index is 328. The van der Waals surface area contributed by atoms with Crippen LogP contribution in [0, 0.1) is 5.92 Å². The van der Waals surface area contributed by atoms with Gasteiger partial charge in [0, 0.05) is 5.92 Å². The smallest absolute Gasteiger partial charge is 0.0534 e. The summed E-state index contributed by atoms with van der Waals surface area (Å²) in [6.07, 6.45) is 4.08. The second kappa shape index (κ2) is 5.72. The first-order valence-electron chi connectivity index (χ1n) is 5.42. The van der Waals surface area contributed by atoms with Crippen molar-refractivity contribution < 1.29 is 5.11 Å². The summed E-state index contributed by atoms with van der Waals surface area (Å²) in [4.78, 5) is 0. The third kappa shape index (κ3) is 2.69. The maximum absolute atomic E-state index is 9.16. The van der Waals surface area contributed by atoms with Gasteiger partial charge in [0.15, 0.2) is 0 Å². The summed E-state index contributed by atoms with van der Waals surface area (Å²) < 4.78 is 0. The molecule has 1 N–H and O–H groups in total. The zero-order valence-electron chi connectivity index (χ0n) is 9.59. The molecule has 0 saturated carbocycles. The first-order valence-corrected chi connectivity index (χ1v) is 5.42. The third-order valence-electron chi connectivity index (χ3n) is 2.62. The van der Waals surface area contributed by atoms with E-state index >= 15 is 0 Å². The number of rotatable bonds is 5. The quantitative estimate of drug-likeness (QED) is 0.779. The van der Waals surface area contributed by atoms with Crippen LogP contribution >= 0.6 is 0 Å². The van der Waals surface area contributed by atoms with Crippen LogP contribution in [0.1, 0.15) is 37.0 Å². The first kappa shape index (κ1) is 12.0. The molecule has 0 atom stereocenters. The Labute approximate surface area is 92.5 Å². The molecule has 81 valence electrons. The molecule has 15 heavy (non-hydrogen) atoms. The molecule has 0 heterocycles. The van der Waals surface area contributed by atoms with Gasteiger partial charge in [0.05, 0.1) is 6.61 Å². The Morgan fingerprint density at radius 3 is 2.73 bits per heavy atom. The lowest BCUT2D eigenvalue weighted by Gasteiger charge is -2.15. The normalized spacial score (nSPS) is 10.7. The van der Waals surface area contributed by atoms with E-state index in [1.807, 2.05) is 25.1 Å². The van der Waals surface area contributed by atoms with Crippen LogP contribution in [0.25, 0.3) is 6.08 Å². The maximum Gasteiger partial charge on any atom is 0.0534 e. The SMILES string of the molecule is C=Cc1c(CCC)cccc1[C](C)CO.